The fourth-order valence-corrected chi connectivity index (χ4v) is 3.82. The van der Waals surface area contributed by atoms with Gasteiger partial charge in [0.25, 0.3) is 0 Å². The first-order valence-electron chi connectivity index (χ1n) is 7.32. The van der Waals surface area contributed by atoms with Gasteiger partial charge in [-0.25, -0.2) is 4.98 Å². The zero-order valence-corrected chi connectivity index (χ0v) is 13.4. The molecule has 0 saturated carbocycles. The van der Waals surface area contributed by atoms with Crippen LogP contribution in [0.3, 0.4) is 0 Å². The van der Waals surface area contributed by atoms with Crippen molar-refractivity contribution in [3.05, 3.63) is 70.7 Å². The van der Waals surface area contributed by atoms with Crippen LogP contribution in [0.5, 0.6) is 0 Å². The fraction of sp³-hybridized carbons (Fsp3) is 0.0526. The molecular formula is C19H14N2OS. The number of aromatic nitrogens is 1. The second kappa shape index (κ2) is 5.18. The minimum absolute atomic E-state index is 0.0473. The minimum atomic E-state index is -0.0473. The van der Waals surface area contributed by atoms with Crippen LogP contribution in [0.4, 0.5) is 5.69 Å². The van der Waals surface area contributed by atoms with Crippen LogP contribution in [0.2, 0.25) is 0 Å². The largest absolute Gasteiger partial charge is 0.397 e. The first-order chi connectivity index (χ1) is 11.1. The number of anilines is 1. The minimum Gasteiger partial charge on any atom is -0.397 e. The van der Waals surface area contributed by atoms with Gasteiger partial charge < -0.3 is 5.73 Å². The van der Waals surface area contributed by atoms with E-state index in [0.717, 1.165) is 26.7 Å². The monoisotopic (exact) mass is 318 g/mol. The van der Waals surface area contributed by atoms with E-state index in [1.807, 2.05) is 61.5 Å². The maximum absolute atomic E-state index is 12.9. The van der Waals surface area contributed by atoms with Gasteiger partial charge in [-0.3, -0.25) is 4.79 Å². The second-order valence-corrected chi connectivity index (χ2v) is 6.54. The van der Waals surface area contributed by atoms with Crippen LogP contribution >= 0.6 is 11.3 Å². The van der Waals surface area contributed by atoms with Crippen molar-refractivity contribution >= 4 is 43.8 Å². The lowest BCUT2D eigenvalue weighted by molar-refractivity contribution is 0.104. The molecule has 0 radical (unpaired) electrons. The van der Waals surface area contributed by atoms with Crippen molar-refractivity contribution in [2.45, 2.75) is 6.92 Å². The zero-order chi connectivity index (χ0) is 16.0. The predicted octanol–water partition coefficient (Wildman–Crippen LogP) is 4.57. The van der Waals surface area contributed by atoms with Crippen LogP contribution in [0, 0.1) is 6.92 Å². The molecule has 0 saturated heterocycles. The molecule has 0 aliphatic heterocycles. The average molecular weight is 318 g/mol. The molecule has 2 N–H and O–H groups in total. The number of benzene rings is 2. The van der Waals surface area contributed by atoms with Crippen LogP contribution in [-0.2, 0) is 0 Å². The lowest BCUT2D eigenvalue weighted by atomic mass is 10.0. The van der Waals surface area contributed by atoms with Gasteiger partial charge in [0.15, 0.2) is 0 Å². The molecule has 0 aliphatic rings. The van der Waals surface area contributed by atoms with Gasteiger partial charge in [-0.2, -0.15) is 0 Å². The molecule has 3 nitrogen and oxygen atoms in total. The van der Waals surface area contributed by atoms with Crippen molar-refractivity contribution in [2.75, 3.05) is 5.73 Å². The standard InChI is InChI=1S/C19H14N2OS/c1-11-6-9-15-16(20)18(23-19(15)21-11)17(22)14-8-7-12-4-2-3-5-13(12)10-14/h2-10H,20H2,1H3. The maximum Gasteiger partial charge on any atom is 0.205 e. The van der Waals surface area contributed by atoms with E-state index in [2.05, 4.69) is 4.98 Å². The predicted molar refractivity (Wildman–Crippen MR) is 96.1 cm³/mol. The van der Waals surface area contributed by atoms with Gasteiger partial charge >= 0.3 is 0 Å². The molecule has 4 aromatic rings. The number of hydrogen-bond donors (Lipinski definition) is 1. The van der Waals surface area contributed by atoms with Crippen LogP contribution in [0.25, 0.3) is 21.0 Å². The van der Waals surface area contributed by atoms with Crippen LogP contribution in [0.15, 0.2) is 54.6 Å². The third-order valence-electron chi connectivity index (χ3n) is 3.95. The molecule has 23 heavy (non-hydrogen) atoms. The molecule has 2 aromatic heterocycles. The Kier molecular flexibility index (Phi) is 3.13. The summed E-state index contributed by atoms with van der Waals surface area (Å²) in [6.07, 6.45) is 0. The number of ketones is 1. The highest BCUT2D eigenvalue weighted by molar-refractivity contribution is 7.21. The summed E-state index contributed by atoms with van der Waals surface area (Å²) in [5.41, 5.74) is 8.28. The molecule has 0 amide bonds. The molecule has 4 heteroatoms. The van der Waals surface area contributed by atoms with Gasteiger partial charge in [0.1, 0.15) is 9.71 Å². The molecule has 0 bridgehead atoms. The number of pyridine rings is 1. The average Bonchev–Trinajstić information content (AvgIpc) is 2.89. The van der Waals surface area contributed by atoms with E-state index in [4.69, 9.17) is 5.73 Å². The molecule has 0 fully saturated rings. The van der Waals surface area contributed by atoms with Gasteiger partial charge in [0, 0.05) is 16.6 Å². The topological polar surface area (TPSA) is 56.0 Å². The first kappa shape index (κ1) is 13.9. The zero-order valence-electron chi connectivity index (χ0n) is 12.5. The summed E-state index contributed by atoms with van der Waals surface area (Å²) in [4.78, 5) is 18.7. The molecule has 0 spiro atoms. The quantitative estimate of drug-likeness (QED) is 0.551. The van der Waals surface area contributed by atoms with Crippen molar-refractivity contribution in [1.82, 2.24) is 4.98 Å². The number of hydrogen-bond acceptors (Lipinski definition) is 4. The van der Waals surface area contributed by atoms with Crippen LogP contribution in [-0.4, -0.2) is 10.8 Å². The lowest BCUT2D eigenvalue weighted by Gasteiger charge is -2.02. The van der Waals surface area contributed by atoms with Gasteiger partial charge in [-0.15, -0.1) is 11.3 Å². The molecule has 4 rings (SSSR count). The molecule has 0 aliphatic carbocycles. The number of carbonyl (C=O) groups excluding carboxylic acids is 1. The number of carbonyl (C=O) groups is 1. The normalized spacial score (nSPS) is 11.2. The third-order valence-corrected chi connectivity index (χ3v) is 5.06. The van der Waals surface area contributed by atoms with Crippen molar-refractivity contribution in [1.29, 1.82) is 0 Å². The Morgan fingerprint density at radius 3 is 2.65 bits per heavy atom. The summed E-state index contributed by atoms with van der Waals surface area (Å²) in [5.74, 6) is -0.0473. The Morgan fingerprint density at radius 1 is 1.04 bits per heavy atom. The highest BCUT2D eigenvalue weighted by Gasteiger charge is 2.19. The molecule has 2 heterocycles. The van der Waals surface area contributed by atoms with E-state index in [-0.39, 0.29) is 5.78 Å². The molecule has 112 valence electrons. The van der Waals surface area contributed by atoms with Crippen molar-refractivity contribution < 1.29 is 4.79 Å². The first-order valence-corrected chi connectivity index (χ1v) is 8.14. The Labute approximate surface area is 137 Å². The molecule has 0 atom stereocenters. The van der Waals surface area contributed by atoms with Crippen molar-refractivity contribution in [3.8, 4) is 0 Å². The Balaban J connectivity index is 1.85. The number of nitrogens with two attached hydrogens (primary N) is 1. The SMILES string of the molecule is Cc1ccc2c(N)c(C(=O)c3ccc4ccccc4c3)sc2n1. The summed E-state index contributed by atoms with van der Waals surface area (Å²) in [5, 5.41) is 3.02. The van der Waals surface area contributed by atoms with Crippen LogP contribution in [0.1, 0.15) is 20.9 Å². The molecular weight excluding hydrogens is 304 g/mol. The Morgan fingerprint density at radius 2 is 1.83 bits per heavy atom. The third kappa shape index (κ3) is 2.28. The van der Waals surface area contributed by atoms with Gasteiger partial charge in [0.2, 0.25) is 5.78 Å². The van der Waals surface area contributed by atoms with Crippen molar-refractivity contribution in [2.24, 2.45) is 0 Å². The van der Waals surface area contributed by atoms with E-state index >= 15 is 0 Å². The van der Waals surface area contributed by atoms with Gasteiger partial charge in [-0.05, 0) is 35.9 Å². The summed E-state index contributed by atoms with van der Waals surface area (Å²) >= 11 is 1.36. The Bertz CT molecular complexity index is 1070. The van der Waals surface area contributed by atoms with E-state index in [1.54, 1.807) is 0 Å². The number of aryl methyl sites for hydroxylation is 1. The summed E-state index contributed by atoms with van der Waals surface area (Å²) < 4.78 is 0. The van der Waals surface area contributed by atoms with E-state index in [0.29, 0.717) is 16.1 Å². The smallest absolute Gasteiger partial charge is 0.205 e. The maximum atomic E-state index is 12.9. The molecule has 0 unspecified atom stereocenters. The number of thiophene rings is 1. The Hall–Kier alpha value is -2.72. The number of nitrogens with zero attached hydrogens (tertiary/aromatic N) is 1. The number of rotatable bonds is 2. The van der Waals surface area contributed by atoms with E-state index in [9.17, 15) is 4.79 Å². The molecule has 2 aromatic carbocycles. The number of nitrogen functional groups attached to an aromatic ring is 1. The highest BCUT2D eigenvalue weighted by atomic mass is 32.1. The van der Waals surface area contributed by atoms with Gasteiger partial charge in [0.05, 0.1) is 5.69 Å². The fourth-order valence-electron chi connectivity index (χ4n) is 2.72. The second-order valence-electron chi connectivity index (χ2n) is 5.54. The lowest BCUT2D eigenvalue weighted by Crippen LogP contribution is -2.01. The van der Waals surface area contributed by atoms with Gasteiger partial charge in [-0.1, -0.05) is 36.4 Å². The van der Waals surface area contributed by atoms with E-state index in [1.165, 1.54) is 11.3 Å². The van der Waals surface area contributed by atoms with Crippen LogP contribution < -0.4 is 5.73 Å². The number of fused-ring (bicyclic) bond motifs is 2. The summed E-state index contributed by atoms with van der Waals surface area (Å²) in [7, 11) is 0. The van der Waals surface area contributed by atoms with Crippen molar-refractivity contribution in [3.63, 3.8) is 0 Å². The summed E-state index contributed by atoms with van der Waals surface area (Å²) in [6, 6.07) is 17.6. The summed E-state index contributed by atoms with van der Waals surface area (Å²) in [6.45, 7) is 1.93. The van der Waals surface area contributed by atoms with E-state index < -0.39 is 0 Å². The highest BCUT2D eigenvalue weighted by Crippen LogP contribution is 2.34.